The summed E-state index contributed by atoms with van der Waals surface area (Å²) in [6.45, 7) is 5.04. The molecule has 1 saturated carbocycles. The summed E-state index contributed by atoms with van der Waals surface area (Å²) in [7, 11) is 0. The van der Waals surface area contributed by atoms with E-state index in [0.29, 0.717) is 6.54 Å². The van der Waals surface area contributed by atoms with Crippen LogP contribution in [0.2, 0.25) is 0 Å². The summed E-state index contributed by atoms with van der Waals surface area (Å²) in [5.74, 6) is 6.01. The van der Waals surface area contributed by atoms with Gasteiger partial charge in [-0.05, 0) is 31.9 Å². The number of thiophene rings is 1. The van der Waals surface area contributed by atoms with Crippen molar-refractivity contribution in [3.63, 3.8) is 0 Å². The molecule has 1 aromatic heterocycles. The Morgan fingerprint density at radius 1 is 1.50 bits per heavy atom. The second-order valence-electron chi connectivity index (χ2n) is 4.86. The zero-order valence-corrected chi connectivity index (χ0v) is 11.9. The van der Waals surface area contributed by atoms with Gasteiger partial charge in [0.15, 0.2) is 0 Å². The molecular weight excluding hydrogens is 240 g/mol. The molecule has 3 heteroatoms. The van der Waals surface area contributed by atoms with E-state index in [1.165, 1.54) is 37.1 Å². The van der Waals surface area contributed by atoms with Crippen molar-refractivity contribution in [3.8, 4) is 11.8 Å². The summed E-state index contributed by atoms with van der Waals surface area (Å²) in [4.78, 5) is 4.06. The van der Waals surface area contributed by atoms with Crippen LogP contribution in [0.5, 0.6) is 0 Å². The van der Waals surface area contributed by atoms with E-state index in [0.717, 1.165) is 18.2 Å². The fourth-order valence-corrected chi connectivity index (χ4v) is 2.91. The van der Waals surface area contributed by atoms with Crippen molar-refractivity contribution < 1.29 is 0 Å². The van der Waals surface area contributed by atoms with E-state index in [1.54, 1.807) is 0 Å². The van der Waals surface area contributed by atoms with Gasteiger partial charge in [-0.1, -0.05) is 25.2 Å². The Hall–Kier alpha value is -0.820. The molecule has 1 fully saturated rings. The molecule has 1 heterocycles. The fourth-order valence-electron chi connectivity index (χ4n) is 2.07. The van der Waals surface area contributed by atoms with Crippen molar-refractivity contribution in [1.29, 1.82) is 0 Å². The monoisotopic (exact) mass is 262 g/mol. The van der Waals surface area contributed by atoms with Gasteiger partial charge >= 0.3 is 0 Å². The molecule has 0 unspecified atom stereocenters. The standard InChI is InChI=1S/C15H22N2S/c1-2-3-9-17(14-6-7-14)11-15-10-13(12-18-15)5-4-8-16/h10,12,14H,2-3,6-9,11,16H2,1H3. The third-order valence-corrected chi connectivity index (χ3v) is 4.13. The quantitative estimate of drug-likeness (QED) is 0.799. The molecule has 18 heavy (non-hydrogen) atoms. The van der Waals surface area contributed by atoms with Crippen molar-refractivity contribution in [2.75, 3.05) is 13.1 Å². The predicted octanol–water partition coefficient (Wildman–Crippen LogP) is 2.82. The van der Waals surface area contributed by atoms with Gasteiger partial charge in [-0.25, -0.2) is 0 Å². The number of unbranched alkanes of at least 4 members (excludes halogenated alkanes) is 1. The largest absolute Gasteiger partial charge is 0.320 e. The molecule has 1 aliphatic rings. The molecule has 2 nitrogen and oxygen atoms in total. The first-order valence-electron chi connectivity index (χ1n) is 6.84. The first-order valence-corrected chi connectivity index (χ1v) is 7.72. The van der Waals surface area contributed by atoms with Gasteiger partial charge in [-0.2, -0.15) is 0 Å². The molecule has 0 saturated heterocycles. The van der Waals surface area contributed by atoms with Crippen molar-refractivity contribution in [3.05, 3.63) is 21.9 Å². The second-order valence-corrected chi connectivity index (χ2v) is 5.86. The van der Waals surface area contributed by atoms with Crippen LogP contribution in [0.15, 0.2) is 11.4 Å². The molecule has 2 N–H and O–H groups in total. The molecule has 0 aliphatic heterocycles. The highest BCUT2D eigenvalue weighted by Crippen LogP contribution is 2.29. The van der Waals surface area contributed by atoms with Crippen LogP contribution in [0.1, 0.15) is 43.0 Å². The number of nitrogens with two attached hydrogens (primary N) is 1. The van der Waals surface area contributed by atoms with E-state index in [1.807, 2.05) is 11.3 Å². The van der Waals surface area contributed by atoms with E-state index >= 15 is 0 Å². The lowest BCUT2D eigenvalue weighted by Crippen LogP contribution is -2.26. The van der Waals surface area contributed by atoms with Gasteiger partial charge in [0.25, 0.3) is 0 Å². The molecule has 0 radical (unpaired) electrons. The van der Waals surface area contributed by atoms with Gasteiger partial charge in [0.05, 0.1) is 6.54 Å². The minimum Gasteiger partial charge on any atom is -0.320 e. The smallest absolute Gasteiger partial charge is 0.0555 e. The molecular formula is C15H22N2S. The Morgan fingerprint density at radius 3 is 3.00 bits per heavy atom. The minimum absolute atomic E-state index is 0.440. The lowest BCUT2D eigenvalue weighted by molar-refractivity contribution is 0.253. The fraction of sp³-hybridized carbons (Fsp3) is 0.600. The topological polar surface area (TPSA) is 29.3 Å². The summed E-state index contributed by atoms with van der Waals surface area (Å²) in [5, 5.41) is 2.14. The summed E-state index contributed by atoms with van der Waals surface area (Å²) in [5.41, 5.74) is 6.51. The average Bonchev–Trinajstić information content (AvgIpc) is 3.13. The van der Waals surface area contributed by atoms with Crippen LogP contribution in [-0.4, -0.2) is 24.0 Å². The lowest BCUT2D eigenvalue weighted by Gasteiger charge is -2.20. The van der Waals surface area contributed by atoms with Gasteiger partial charge in [0, 0.05) is 28.4 Å². The van der Waals surface area contributed by atoms with Crippen molar-refractivity contribution >= 4 is 11.3 Å². The van der Waals surface area contributed by atoms with Crippen LogP contribution in [0.25, 0.3) is 0 Å². The van der Waals surface area contributed by atoms with E-state index in [2.05, 4.69) is 35.1 Å². The number of hydrogen-bond donors (Lipinski definition) is 1. The molecule has 98 valence electrons. The summed E-state index contributed by atoms with van der Waals surface area (Å²) in [6, 6.07) is 3.06. The highest BCUT2D eigenvalue weighted by atomic mass is 32.1. The molecule has 0 bridgehead atoms. The Labute approximate surface area is 114 Å². The summed E-state index contributed by atoms with van der Waals surface area (Å²) in [6.07, 6.45) is 5.35. The molecule has 0 amide bonds. The zero-order chi connectivity index (χ0) is 12.8. The molecule has 1 aliphatic carbocycles. The highest BCUT2D eigenvalue weighted by molar-refractivity contribution is 7.10. The third kappa shape index (κ3) is 4.13. The number of hydrogen-bond acceptors (Lipinski definition) is 3. The van der Waals surface area contributed by atoms with Gasteiger partial charge in [0.2, 0.25) is 0 Å². The normalized spacial score (nSPS) is 14.6. The first kappa shape index (κ1) is 13.6. The molecule has 0 spiro atoms. The van der Waals surface area contributed by atoms with Crippen LogP contribution in [-0.2, 0) is 6.54 Å². The van der Waals surface area contributed by atoms with Crippen LogP contribution >= 0.6 is 11.3 Å². The number of nitrogens with zero attached hydrogens (tertiary/aromatic N) is 1. The highest BCUT2D eigenvalue weighted by Gasteiger charge is 2.28. The Bertz CT molecular complexity index is 423. The van der Waals surface area contributed by atoms with E-state index < -0.39 is 0 Å². The Kier molecular flexibility index (Phi) is 5.25. The zero-order valence-electron chi connectivity index (χ0n) is 11.1. The number of rotatable bonds is 6. The maximum atomic E-state index is 5.39. The van der Waals surface area contributed by atoms with Crippen molar-refractivity contribution in [1.82, 2.24) is 4.90 Å². The summed E-state index contributed by atoms with van der Waals surface area (Å²) < 4.78 is 0. The second kappa shape index (κ2) is 6.94. The SMILES string of the molecule is CCCCN(Cc1cc(C#CCN)cs1)C1CC1. The van der Waals surface area contributed by atoms with Crippen LogP contribution in [0.3, 0.4) is 0 Å². The van der Waals surface area contributed by atoms with Gasteiger partial charge < -0.3 is 5.73 Å². The van der Waals surface area contributed by atoms with Crippen LogP contribution < -0.4 is 5.73 Å². The Morgan fingerprint density at radius 2 is 2.33 bits per heavy atom. The molecule has 2 rings (SSSR count). The average molecular weight is 262 g/mol. The van der Waals surface area contributed by atoms with Crippen molar-refractivity contribution in [2.45, 2.75) is 45.2 Å². The van der Waals surface area contributed by atoms with Crippen molar-refractivity contribution in [2.24, 2.45) is 5.73 Å². The lowest BCUT2D eigenvalue weighted by atomic mass is 10.2. The minimum atomic E-state index is 0.440. The molecule has 0 atom stereocenters. The molecule has 1 aromatic rings. The van der Waals surface area contributed by atoms with Gasteiger partial charge in [-0.15, -0.1) is 11.3 Å². The van der Waals surface area contributed by atoms with Crippen LogP contribution in [0, 0.1) is 11.8 Å². The van der Waals surface area contributed by atoms with E-state index in [9.17, 15) is 0 Å². The van der Waals surface area contributed by atoms with E-state index in [-0.39, 0.29) is 0 Å². The third-order valence-electron chi connectivity index (χ3n) is 3.21. The maximum Gasteiger partial charge on any atom is 0.0555 e. The van der Waals surface area contributed by atoms with Gasteiger partial charge in [-0.3, -0.25) is 4.90 Å². The Balaban J connectivity index is 1.91. The first-order chi connectivity index (χ1) is 8.83. The van der Waals surface area contributed by atoms with Gasteiger partial charge in [0.1, 0.15) is 0 Å². The summed E-state index contributed by atoms with van der Waals surface area (Å²) >= 11 is 1.82. The van der Waals surface area contributed by atoms with E-state index in [4.69, 9.17) is 5.73 Å². The van der Waals surface area contributed by atoms with Crippen LogP contribution in [0.4, 0.5) is 0 Å². The maximum absolute atomic E-state index is 5.39. The molecule has 0 aromatic carbocycles. The predicted molar refractivity (Wildman–Crippen MR) is 78.6 cm³/mol.